The number of aromatic amines is 1. The molecule has 7 nitrogen and oxygen atoms in total. The zero-order valence-corrected chi connectivity index (χ0v) is 11.8. The number of ether oxygens (including phenoxy) is 1. The van der Waals surface area contributed by atoms with Crippen molar-refractivity contribution in [3.63, 3.8) is 0 Å². The Morgan fingerprint density at radius 2 is 2.27 bits per heavy atom. The van der Waals surface area contributed by atoms with Crippen LogP contribution in [0.1, 0.15) is 5.69 Å². The molecule has 2 rings (SSSR count). The maximum Gasteiger partial charge on any atom is 0.315 e. The quantitative estimate of drug-likeness (QED) is 0.607. The lowest BCUT2D eigenvalue weighted by Crippen LogP contribution is -2.41. The van der Waals surface area contributed by atoms with Crippen LogP contribution in [0.15, 0.2) is 36.5 Å². The first-order valence-corrected chi connectivity index (χ1v) is 6.70. The van der Waals surface area contributed by atoms with Crippen LogP contribution >= 0.6 is 0 Å². The normalized spacial score (nSPS) is 11.7. The molecule has 1 atom stereocenters. The summed E-state index contributed by atoms with van der Waals surface area (Å²) < 4.78 is 18.2. The molecule has 22 heavy (non-hydrogen) atoms. The number of nitrogens with one attached hydrogen (secondary N) is 3. The molecule has 0 fully saturated rings. The van der Waals surface area contributed by atoms with E-state index in [1.54, 1.807) is 18.3 Å². The number of aliphatic hydroxyl groups is 1. The predicted octanol–water partition coefficient (Wildman–Crippen LogP) is 0.788. The summed E-state index contributed by atoms with van der Waals surface area (Å²) in [6.45, 7) is 0.274. The summed E-state index contributed by atoms with van der Waals surface area (Å²) in [6.07, 6.45) is 0.684. The SMILES string of the molecule is O=C(NCc1ccn[nH]1)NC[C@H](O)COc1cccc(F)c1. The molecule has 4 N–H and O–H groups in total. The van der Waals surface area contributed by atoms with E-state index < -0.39 is 18.0 Å². The van der Waals surface area contributed by atoms with Crippen LogP contribution in [0.4, 0.5) is 9.18 Å². The number of halogens is 1. The fourth-order valence-corrected chi connectivity index (χ4v) is 1.64. The fourth-order valence-electron chi connectivity index (χ4n) is 1.64. The zero-order chi connectivity index (χ0) is 15.8. The Labute approximate surface area is 126 Å². The molecule has 2 amide bonds. The molecule has 1 aromatic heterocycles. The third kappa shape index (κ3) is 5.41. The van der Waals surface area contributed by atoms with Crippen LogP contribution in [-0.4, -0.2) is 40.6 Å². The van der Waals surface area contributed by atoms with E-state index in [0.29, 0.717) is 12.3 Å². The molecule has 8 heteroatoms. The van der Waals surface area contributed by atoms with Crippen molar-refractivity contribution < 1.29 is 19.0 Å². The fraction of sp³-hybridized carbons (Fsp3) is 0.286. The van der Waals surface area contributed by atoms with Crippen molar-refractivity contribution in [2.75, 3.05) is 13.2 Å². The third-order valence-electron chi connectivity index (χ3n) is 2.73. The molecule has 0 unspecified atom stereocenters. The van der Waals surface area contributed by atoms with Crippen LogP contribution in [0.5, 0.6) is 5.75 Å². The average molecular weight is 308 g/mol. The van der Waals surface area contributed by atoms with Crippen LogP contribution in [0.2, 0.25) is 0 Å². The van der Waals surface area contributed by atoms with Crippen LogP contribution in [0.3, 0.4) is 0 Å². The van der Waals surface area contributed by atoms with Crippen LogP contribution in [0, 0.1) is 5.82 Å². The highest BCUT2D eigenvalue weighted by molar-refractivity contribution is 5.73. The van der Waals surface area contributed by atoms with Crippen LogP contribution in [0.25, 0.3) is 0 Å². The lowest BCUT2D eigenvalue weighted by atomic mass is 10.3. The highest BCUT2D eigenvalue weighted by Crippen LogP contribution is 2.11. The van der Waals surface area contributed by atoms with Crippen LogP contribution in [-0.2, 0) is 6.54 Å². The molecule has 1 aromatic carbocycles. The number of H-pyrrole nitrogens is 1. The van der Waals surface area contributed by atoms with E-state index >= 15 is 0 Å². The third-order valence-corrected chi connectivity index (χ3v) is 2.73. The Balaban J connectivity index is 1.62. The number of aromatic nitrogens is 2. The number of rotatable bonds is 7. The average Bonchev–Trinajstić information content (AvgIpc) is 3.02. The molecule has 0 bridgehead atoms. The Hall–Kier alpha value is -2.61. The second-order valence-electron chi connectivity index (χ2n) is 4.57. The summed E-state index contributed by atoms with van der Waals surface area (Å²) in [6, 6.07) is 6.94. The summed E-state index contributed by atoms with van der Waals surface area (Å²) in [7, 11) is 0. The molecule has 0 aliphatic rings. The van der Waals surface area contributed by atoms with Crippen molar-refractivity contribution in [2.24, 2.45) is 0 Å². The highest BCUT2D eigenvalue weighted by atomic mass is 19.1. The number of hydrogen-bond donors (Lipinski definition) is 4. The van der Waals surface area contributed by atoms with E-state index in [4.69, 9.17) is 4.74 Å². The molecule has 0 saturated carbocycles. The first-order chi connectivity index (χ1) is 10.6. The van der Waals surface area contributed by atoms with Crippen molar-refractivity contribution >= 4 is 6.03 Å². The van der Waals surface area contributed by atoms with Crippen molar-refractivity contribution in [2.45, 2.75) is 12.6 Å². The first kappa shape index (κ1) is 15.8. The number of hydrogen-bond acceptors (Lipinski definition) is 4. The molecule has 0 aliphatic carbocycles. The summed E-state index contributed by atoms with van der Waals surface area (Å²) in [5, 5.41) is 21.3. The van der Waals surface area contributed by atoms with Gasteiger partial charge >= 0.3 is 6.03 Å². The van der Waals surface area contributed by atoms with Gasteiger partial charge < -0.3 is 20.5 Å². The van der Waals surface area contributed by atoms with E-state index in [-0.39, 0.29) is 13.2 Å². The molecular formula is C14H17FN4O3. The molecular weight excluding hydrogens is 291 g/mol. The lowest BCUT2D eigenvalue weighted by molar-refractivity contribution is 0.107. The highest BCUT2D eigenvalue weighted by Gasteiger charge is 2.08. The minimum absolute atomic E-state index is 0.0180. The summed E-state index contributed by atoms with van der Waals surface area (Å²) in [4.78, 5) is 11.5. The number of aliphatic hydroxyl groups excluding tert-OH is 1. The van der Waals surface area contributed by atoms with E-state index in [9.17, 15) is 14.3 Å². The van der Waals surface area contributed by atoms with Gasteiger partial charge in [0, 0.05) is 18.8 Å². The summed E-state index contributed by atoms with van der Waals surface area (Å²) in [5.74, 6) is -0.0916. The van der Waals surface area contributed by atoms with Gasteiger partial charge in [0.2, 0.25) is 0 Å². The topological polar surface area (TPSA) is 99.3 Å². The Bertz CT molecular complexity index is 592. The Kier molecular flexibility index (Phi) is 5.73. The van der Waals surface area contributed by atoms with E-state index in [2.05, 4.69) is 20.8 Å². The standard InChI is InChI=1S/C14H17FN4O3/c15-10-2-1-3-13(6-10)22-9-12(20)8-17-14(21)16-7-11-4-5-18-19-11/h1-6,12,20H,7-9H2,(H,18,19)(H2,16,17,21)/t12-/m0/s1. The van der Waals surface area contributed by atoms with Gasteiger partial charge in [0.05, 0.1) is 12.2 Å². The number of urea groups is 1. The van der Waals surface area contributed by atoms with Crippen molar-refractivity contribution in [1.82, 2.24) is 20.8 Å². The number of amides is 2. The predicted molar refractivity (Wildman–Crippen MR) is 76.7 cm³/mol. The molecule has 2 aromatic rings. The van der Waals surface area contributed by atoms with Crippen molar-refractivity contribution in [3.8, 4) is 5.75 Å². The second kappa shape index (κ2) is 7.99. The van der Waals surface area contributed by atoms with E-state index in [0.717, 1.165) is 5.69 Å². The minimum atomic E-state index is -0.902. The van der Waals surface area contributed by atoms with Gasteiger partial charge in [-0.3, -0.25) is 5.10 Å². The molecule has 0 spiro atoms. The van der Waals surface area contributed by atoms with Gasteiger partial charge in [-0.2, -0.15) is 5.10 Å². The van der Waals surface area contributed by atoms with Gasteiger partial charge in [-0.05, 0) is 18.2 Å². The summed E-state index contributed by atoms with van der Waals surface area (Å²) in [5.41, 5.74) is 0.769. The number of carbonyl (C=O) groups excluding carboxylic acids is 1. The Morgan fingerprint density at radius 3 is 3.00 bits per heavy atom. The van der Waals surface area contributed by atoms with Gasteiger partial charge in [-0.1, -0.05) is 6.07 Å². The Morgan fingerprint density at radius 1 is 1.41 bits per heavy atom. The maximum absolute atomic E-state index is 12.9. The largest absolute Gasteiger partial charge is 0.491 e. The van der Waals surface area contributed by atoms with E-state index in [1.807, 2.05) is 0 Å². The van der Waals surface area contributed by atoms with Gasteiger partial charge in [-0.15, -0.1) is 0 Å². The molecule has 118 valence electrons. The number of carbonyl (C=O) groups is 1. The van der Waals surface area contributed by atoms with Crippen molar-refractivity contribution in [1.29, 1.82) is 0 Å². The van der Waals surface area contributed by atoms with Gasteiger partial charge in [-0.25, -0.2) is 9.18 Å². The molecule has 1 heterocycles. The zero-order valence-electron chi connectivity index (χ0n) is 11.8. The minimum Gasteiger partial charge on any atom is -0.491 e. The molecule has 0 radical (unpaired) electrons. The smallest absolute Gasteiger partial charge is 0.315 e. The second-order valence-corrected chi connectivity index (χ2v) is 4.57. The first-order valence-electron chi connectivity index (χ1n) is 6.70. The summed E-state index contributed by atoms with van der Waals surface area (Å²) >= 11 is 0. The lowest BCUT2D eigenvalue weighted by Gasteiger charge is -2.13. The molecule has 0 saturated heterocycles. The monoisotopic (exact) mass is 308 g/mol. The number of nitrogens with zero attached hydrogens (tertiary/aromatic N) is 1. The van der Waals surface area contributed by atoms with Crippen molar-refractivity contribution in [3.05, 3.63) is 48.0 Å². The van der Waals surface area contributed by atoms with E-state index in [1.165, 1.54) is 18.2 Å². The van der Waals surface area contributed by atoms with Crippen LogP contribution < -0.4 is 15.4 Å². The molecule has 0 aliphatic heterocycles. The van der Waals surface area contributed by atoms with Gasteiger partial charge in [0.25, 0.3) is 0 Å². The van der Waals surface area contributed by atoms with Gasteiger partial charge in [0.15, 0.2) is 0 Å². The van der Waals surface area contributed by atoms with Gasteiger partial charge in [0.1, 0.15) is 24.3 Å². The number of benzene rings is 1. The maximum atomic E-state index is 12.9.